The third kappa shape index (κ3) is 3.67. The lowest BCUT2D eigenvalue weighted by Crippen LogP contribution is -2.37. The molecule has 1 saturated carbocycles. The smallest absolute Gasteiger partial charge is 0.165 e. The molecule has 1 fully saturated rings. The Hall–Kier alpha value is -1.13. The van der Waals surface area contributed by atoms with Crippen LogP contribution in [0.4, 0.5) is 4.39 Å². The average molecular weight is 267 g/mol. The third-order valence-corrected chi connectivity index (χ3v) is 3.81. The minimum absolute atomic E-state index is 0.0655. The van der Waals surface area contributed by atoms with Crippen molar-refractivity contribution in [1.82, 2.24) is 5.32 Å². The number of methoxy groups -OCH3 is 1. The fraction of sp³-hybridized carbons (Fsp3) is 0.600. The van der Waals surface area contributed by atoms with Gasteiger partial charge in [-0.15, -0.1) is 0 Å². The Kier molecular flexibility index (Phi) is 4.77. The molecule has 1 aliphatic rings. The molecular formula is C15H22FNO2. The van der Waals surface area contributed by atoms with Crippen LogP contribution >= 0.6 is 0 Å². The Morgan fingerprint density at radius 3 is 2.84 bits per heavy atom. The molecule has 3 nitrogen and oxygen atoms in total. The molecule has 2 rings (SSSR count). The largest absolute Gasteiger partial charge is 0.494 e. The first-order valence-electron chi connectivity index (χ1n) is 6.87. The van der Waals surface area contributed by atoms with Gasteiger partial charge >= 0.3 is 0 Å². The highest BCUT2D eigenvalue weighted by molar-refractivity contribution is 5.30. The quantitative estimate of drug-likeness (QED) is 0.881. The molecule has 19 heavy (non-hydrogen) atoms. The molecule has 1 aliphatic carbocycles. The van der Waals surface area contributed by atoms with Crippen LogP contribution in [0.2, 0.25) is 0 Å². The third-order valence-electron chi connectivity index (χ3n) is 3.81. The van der Waals surface area contributed by atoms with E-state index in [9.17, 15) is 9.50 Å². The molecule has 0 spiro atoms. The molecular weight excluding hydrogens is 245 g/mol. The molecule has 4 heteroatoms. The maximum atomic E-state index is 13.7. The first-order chi connectivity index (χ1) is 9.10. The fourth-order valence-corrected chi connectivity index (χ4v) is 2.72. The van der Waals surface area contributed by atoms with Crippen LogP contribution in [0.1, 0.15) is 44.2 Å². The molecule has 3 unspecified atom stereocenters. The van der Waals surface area contributed by atoms with Gasteiger partial charge in [0.1, 0.15) is 0 Å². The molecule has 0 saturated heterocycles. The summed E-state index contributed by atoms with van der Waals surface area (Å²) in [6, 6.07) is 5.41. The lowest BCUT2D eigenvalue weighted by molar-refractivity contribution is 0.109. The standard InChI is InChI=1S/C15H22FNO2/c1-10(17-12-4-3-5-13(18)9-12)11-6-7-15(19-2)14(16)8-11/h6-8,10,12-13,17-18H,3-5,9H2,1-2H3. The minimum Gasteiger partial charge on any atom is -0.494 e. The van der Waals surface area contributed by atoms with Gasteiger partial charge in [-0.05, 0) is 50.3 Å². The van der Waals surface area contributed by atoms with E-state index in [1.807, 2.05) is 13.0 Å². The Bertz CT molecular complexity index is 425. The molecule has 106 valence electrons. The van der Waals surface area contributed by atoms with Gasteiger partial charge in [0.2, 0.25) is 0 Å². The second-order valence-electron chi connectivity index (χ2n) is 5.30. The maximum Gasteiger partial charge on any atom is 0.165 e. The summed E-state index contributed by atoms with van der Waals surface area (Å²) in [5, 5.41) is 13.1. The lowest BCUT2D eigenvalue weighted by Gasteiger charge is -2.29. The number of aliphatic hydroxyl groups excluding tert-OH is 1. The van der Waals surface area contributed by atoms with Gasteiger partial charge in [0, 0.05) is 12.1 Å². The molecule has 0 bridgehead atoms. The second kappa shape index (κ2) is 6.35. The van der Waals surface area contributed by atoms with E-state index < -0.39 is 0 Å². The number of nitrogens with one attached hydrogen (secondary N) is 1. The number of halogens is 1. The molecule has 3 atom stereocenters. The van der Waals surface area contributed by atoms with E-state index in [1.165, 1.54) is 13.2 Å². The number of ether oxygens (including phenoxy) is 1. The van der Waals surface area contributed by atoms with E-state index in [1.54, 1.807) is 6.07 Å². The summed E-state index contributed by atoms with van der Waals surface area (Å²) in [5.41, 5.74) is 0.901. The maximum absolute atomic E-state index is 13.7. The zero-order chi connectivity index (χ0) is 13.8. The molecule has 2 N–H and O–H groups in total. The van der Waals surface area contributed by atoms with Crippen LogP contribution in [-0.2, 0) is 0 Å². The predicted octanol–water partition coefficient (Wildman–Crippen LogP) is 2.79. The summed E-state index contributed by atoms with van der Waals surface area (Å²) < 4.78 is 18.6. The molecule has 0 amide bonds. The Labute approximate surface area is 113 Å². The van der Waals surface area contributed by atoms with Crippen LogP contribution in [0.5, 0.6) is 5.75 Å². The van der Waals surface area contributed by atoms with Gasteiger partial charge in [0.25, 0.3) is 0 Å². The normalized spacial score (nSPS) is 25.1. The number of benzene rings is 1. The van der Waals surface area contributed by atoms with Gasteiger partial charge in [-0.25, -0.2) is 4.39 Å². The molecule has 0 heterocycles. The molecule has 0 aliphatic heterocycles. The Morgan fingerprint density at radius 1 is 1.42 bits per heavy atom. The molecule has 1 aromatic carbocycles. The number of hydrogen-bond acceptors (Lipinski definition) is 3. The van der Waals surface area contributed by atoms with Crippen molar-refractivity contribution in [3.05, 3.63) is 29.6 Å². The van der Waals surface area contributed by atoms with E-state index >= 15 is 0 Å². The van der Waals surface area contributed by atoms with Crippen molar-refractivity contribution in [2.75, 3.05) is 7.11 Å². The summed E-state index contributed by atoms with van der Waals surface area (Å²) in [6.07, 6.45) is 3.58. The molecule has 1 aromatic rings. The zero-order valence-electron chi connectivity index (χ0n) is 11.5. The Balaban J connectivity index is 1.99. The highest BCUT2D eigenvalue weighted by atomic mass is 19.1. The van der Waals surface area contributed by atoms with E-state index in [0.717, 1.165) is 31.2 Å². The van der Waals surface area contributed by atoms with Gasteiger partial charge in [-0.3, -0.25) is 0 Å². The van der Waals surface area contributed by atoms with E-state index in [4.69, 9.17) is 4.74 Å². The van der Waals surface area contributed by atoms with Gasteiger partial charge in [-0.1, -0.05) is 6.07 Å². The van der Waals surface area contributed by atoms with Crippen molar-refractivity contribution in [3.8, 4) is 5.75 Å². The molecule has 0 radical (unpaired) electrons. The van der Waals surface area contributed by atoms with Crippen LogP contribution in [0.25, 0.3) is 0 Å². The van der Waals surface area contributed by atoms with Gasteiger partial charge < -0.3 is 15.2 Å². The number of hydrogen-bond donors (Lipinski definition) is 2. The monoisotopic (exact) mass is 267 g/mol. The summed E-state index contributed by atoms with van der Waals surface area (Å²) in [4.78, 5) is 0. The van der Waals surface area contributed by atoms with Crippen molar-refractivity contribution in [2.45, 2.75) is 50.8 Å². The predicted molar refractivity (Wildman–Crippen MR) is 72.8 cm³/mol. The average Bonchev–Trinajstić information content (AvgIpc) is 2.38. The lowest BCUT2D eigenvalue weighted by atomic mass is 9.92. The highest BCUT2D eigenvalue weighted by Crippen LogP contribution is 2.24. The van der Waals surface area contributed by atoms with Gasteiger partial charge in [0.15, 0.2) is 11.6 Å². The van der Waals surface area contributed by atoms with E-state index in [0.29, 0.717) is 6.04 Å². The first kappa shape index (κ1) is 14.3. The van der Waals surface area contributed by atoms with Crippen LogP contribution in [0.3, 0.4) is 0 Å². The fourth-order valence-electron chi connectivity index (χ4n) is 2.72. The first-order valence-corrected chi connectivity index (χ1v) is 6.87. The van der Waals surface area contributed by atoms with E-state index in [2.05, 4.69) is 5.32 Å². The van der Waals surface area contributed by atoms with Crippen molar-refractivity contribution in [2.24, 2.45) is 0 Å². The topological polar surface area (TPSA) is 41.5 Å². The zero-order valence-corrected chi connectivity index (χ0v) is 11.5. The van der Waals surface area contributed by atoms with Crippen LogP contribution in [0, 0.1) is 5.82 Å². The summed E-state index contributed by atoms with van der Waals surface area (Å²) in [5.74, 6) is -0.0682. The second-order valence-corrected chi connectivity index (χ2v) is 5.30. The summed E-state index contributed by atoms with van der Waals surface area (Å²) in [6.45, 7) is 2.02. The number of aliphatic hydroxyl groups is 1. The van der Waals surface area contributed by atoms with Crippen LogP contribution in [0.15, 0.2) is 18.2 Å². The Morgan fingerprint density at radius 2 is 2.21 bits per heavy atom. The summed E-state index contributed by atoms with van der Waals surface area (Å²) >= 11 is 0. The number of rotatable bonds is 4. The van der Waals surface area contributed by atoms with Crippen molar-refractivity contribution in [3.63, 3.8) is 0 Å². The summed E-state index contributed by atoms with van der Waals surface area (Å²) in [7, 11) is 1.46. The molecule has 0 aromatic heterocycles. The van der Waals surface area contributed by atoms with Gasteiger partial charge in [-0.2, -0.15) is 0 Å². The van der Waals surface area contributed by atoms with Crippen LogP contribution < -0.4 is 10.1 Å². The van der Waals surface area contributed by atoms with E-state index in [-0.39, 0.29) is 23.7 Å². The van der Waals surface area contributed by atoms with Crippen molar-refractivity contribution < 1.29 is 14.2 Å². The highest BCUT2D eigenvalue weighted by Gasteiger charge is 2.22. The van der Waals surface area contributed by atoms with Crippen molar-refractivity contribution >= 4 is 0 Å². The van der Waals surface area contributed by atoms with Gasteiger partial charge in [0.05, 0.1) is 13.2 Å². The van der Waals surface area contributed by atoms with Crippen LogP contribution in [-0.4, -0.2) is 24.4 Å². The SMILES string of the molecule is COc1ccc(C(C)NC2CCCC(O)C2)cc1F. The van der Waals surface area contributed by atoms with Crippen molar-refractivity contribution in [1.29, 1.82) is 0 Å². The minimum atomic E-state index is -0.336.